The van der Waals surface area contributed by atoms with Gasteiger partial charge >= 0.3 is 5.97 Å². The van der Waals surface area contributed by atoms with E-state index in [4.69, 9.17) is 11.6 Å². The number of nitrogens with one attached hydrogen (secondary N) is 1. The van der Waals surface area contributed by atoms with Crippen LogP contribution in [0.1, 0.15) is 24.9 Å². The second-order valence-electron chi connectivity index (χ2n) is 3.47. The molecule has 0 heterocycles. The number of halogens is 1. The van der Waals surface area contributed by atoms with Crippen molar-refractivity contribution in [2.24, 2.45) is 0 Å². The third kappa shape index (κ3) is 3.83. The highest BCUT2D eigenvalue weighted by molar-refractivity contribution is 6.30. The van der Waals surface area contributed by atoms with Gasteiger partial charge in [-0.25, -0.2) is 0 Å². The summed E-state index contributed by atoms with van der Waals surface area (Å²) in [7, 11) is 1.38. The summed E-state index contributed by atoms with van der Waals surface area (Å²) < 4.78 is 4.58. The van der Waals surface area contributed by atoms with Crippen LogP contribution in [0.3, 0.4) is 0 Å². The maximum Gasteiger partial charge on any atom is 0.319 e. The lowest BCUT2D eigenvalue weighted by molar-refractivity contribution is -0.139. The number of benzene rings is 1. The largest absolute Gasteiger partial charge is 0.468 e. The topological polar surface area (TPSA) is 38.3 Å². The summed E-state index contributed by atoms with van der Waals surface area (Å²) in [5, 5.41) is 3.85. The first kappa shape index (κ1) is 13.0. The summed E-state index contributed by atoms with van der Waals surface area (Å²) in [6, 6.07) is 7.76. The molecule has 0 aliphatic rings. The van der Waals surface area contributed by atoms with Gasteiger partial charge in [-0.15, -0.1) is 0 Å². The minimum absolute atomic E-state index is 0.149. The first-order valence-corrected chi connectivity index (χ1v) is 5.60. The summed E-state index contributed by atoms with van der Waals surface area (Å²) >= 11 is 5.81. The third-order valence-corrected chi connectivity index (χ3v) is 2.65. The molecule has 1 unspecified atom stereocenters. The molecule has 0 radical (unpaired) electrons. The molecule has 0 saturated heterocycles. The molecule has 0 aliphatic carbocycles. The quantitative estimate of drug-likeness (QED) is 0.806. The van der Waals surface area contributed by atoms with Crippen LogP contribution in [0.4, 0.5) is 0 Å². The molecule has 0 aliphatic heterocycles. The Kier molecular flexibility index (Phi) is 5.29. The molecule has 88 valence electrons. The monoisotopic (exact) mass is 241 g/mol. The van der Waals surface area contributed by atoms with Gasteiger partial charge in [0, 0.05) is 11.1 Å². The van der Waals surface area contributed by atoms with Crippen molar-refractivity contribution in [3.05, 3.63) is 34.9 Å². The van der Waals surface area contributed by atoms with Crippen LogP contribution in [0.2, 0.25) is 5.02 Å². The normalized spacial score (nSPS) is 12.2. The zero-order chi connectivity index (χ0) is 12.0. The highest BCUT2D eigenvalue weighted by Crippen LogP contribution is 2.18. The molecule has 3 nitrogen and oxygen atoms in total. The molecule has 0 fully saturated rings. The molecule has 1 rings (SSSR count). The third-order valence-electron chi connectivity index (χ3n) is 2.40. The van der Waals surface area contributed by atoms with Crippen LogP contribution in [0, 0.1) is 0 Å². The Morgan fingerprint density at radius 3 is 2.56 bits per heavy atom. The summed E-state index contributed by atoms with van der Waals surface area (Å²) in [5.74, 6) is -0.257. The molecule has 1 atom stereocenters. The lowest BCUT2D eigenvalue weighted by atomic mass is 10.0. The standard InChI is InChI=1S/C12H16ClNO2/c1-3-11(14-8-12(15)16-2)9-4-6-10(13)7-5-9/h4-7,11,14H,3,8H2,1-2H3. The van der Waals surface area contributed by atoms with E-state index in [9.17, 15) is 4.79 Å². The van der Waals surface area contributed by atoms with Crippen LogP contribution in [0.15, 0.2) is 24.3 Å². The molecule has 0 amide bonds. The smallest absolute Gasteiger partial charge is 0.319 e. The second kappa shape index (κ2) is 6.51. The summed E-state index contributed by atoms with van der Waals surface area (Å²) in [6.07, 6.45) is 0.901. The zero-order valence-electron chi connectivity index (χ0n) is 9.50. The number of carbonyl (C=O) groups excluding carboxylic acids is 1. The van der Waals surface area contributed by atoms with Crippen molar-refractivity contribution in [1.82, 2.24) is 5.32 Å². The van der Waals surface area contributed by atoms with Crippen LogP contribution < -0.4 is 5.32 Å². The van der Waals surface area contributed by atoms with Crippen LogP contribution >= 0.6 is 11.6 Å². The highest BCUT2D eigenvalue weighted by atomic mass is 35.5. The van der Waals surface area contributed by atoms with E-state index in [2.05, 4.69) is 17.0 Å². The SMILES string of the molecule is CCC(NCC(=O)OC)c1ccc(Cl)cc1. The van der Waals surface area contributed by atoms with Crippen molar-refractivity contribution < 1.29 is 9.53 Å². The summed E-state index contributed by atoms with van der Waals surface area (Å²) in [6.45, 7) is 2.28. The van der Waals surface area contributed by atoms with E-state index in [1.807, 2.05) is 24.3 Å². The van der Waals surface area contributed by atoms with Gasteiger partial charge in [-0.05, 0) is 24.1 Å². The van der Waals surface area contributed by atoms with Crippen molar-refractivity contribution in [1.29, 1.82) is 0 Å². The van der Waals surface area contributed by atoms with Gasteiger partial charge in [0.15, 0.2) is 0 Å². The van der Waals surface area contributed by atoms with Gasteiger partial charge in [-0.3, -0.25) is 4.79 Å². The number of carbonyl (C=O) groups is 1. The number of rotatable bonds is 5. The highest BCUT2D eigenvalue weighted by Gasteiger charge is 2.10. The molecular weight excluding hydrogens is 226 g/mol. The van der Waals surface area contributed by atoms with E-state index in [0.717, 1.165) is 12.0 Å². The molecule has 1 aromatic carbocycles. The van der Waals surface area contributed by atoms with Crippen molar-refractivity contribution >= 4 is 17.6 Å². The van der Waals surface area contributed by atoms with Crippen molar-refractivity contribution in [3.8, 4) is 0 Å². The van der Waals surface area contributed by atoms with Gasteiger partial charge in [0.2, 0.25) is 0 Å². The second-order valence-corrected chi connectivity index (χ2v) is 3.91. The Morgan fingerprint density at radius 2 is 2.06 bits per heavy atom. The van der Waals surface area contributed by atoms with E-state index in [0.29, 0.717) is 5.02 Å². The average Bonchev–Trinajstić information content (AvgIpc) is 2.31. The minimum Gasteiger partial charge on any atom is -0.468 e. The van der Waals surface area contributed by atoms with Gasteiger partial charge in [0.25, 0.3) is 0 Å². The Bertz CT molecular complexity index is 337. The fourth-order valence-electron chi connectivity index (χ4n) is 1.47. The van der Waals surface area contributed by atoms with E-state index in [-0.39, 0.29) is 18.6 Å². The van der Waals surface area contributed by atoms with Crippen LogP contribution in [-0.2, 0) is 9.53 Å². The first-order chi connectivity index (χ1) is 7.67. The van der Waals surface area contributed by atoms with Crippen molar-refractivity contribution in [3.63, 3.8) is 0 Å². The Morgan fingerprint density at radius 1 is 1.44 bits per heavy atom. The number of hydrogen-bond donors (Lipinski definition) is 1. The average molecular weight is 242 g/mol. The minimum atomic E-state index is -0.257. The van der Waals surface area contributed by atoms with Crippen LogP contribution in [0.5, 0.6) is 0 Å². The Labute approximate surface area is 101 Å². The van der Waals surface area contributed by atoms with Gasteiger partial charge in [-0.2, -0.15) is 0 Å². The number of esters is 1. The number of ether oxygens (including phenoxy) is 1. The van der Waals surface area contributed by atoms with Gasteiger partial charge < -0.3 is 10.1 Å². The molecule has 0 aromatic heterocycles. The van der Waals surface area contributed by atoms with Crippen molar-refractivity contribution in [2.75, 3.05) is 13.7 Å². The van der Waals surface area contributed by atoms with Gasteiger partial charge in [0.1, 0.15) is 0 Å². The summed E-state index contributed by atoms with van der Waals surface area (Å²) in [5.41, 5.74) is 1.12. The fourth-order valence-corrected chi connectivity index (χ4v) is 1.60. The molecule has 1 N–H and O–H groups in total. The number of methoxy groups -OCH3 is 1. The molecule has 1 aromatic rings. The lowest BCUT2D eigenvalue weighted by Gasteiger charge is -2.16. The molecule has 0 spiro atoms. The first-order valence-electron chi connectivity index (χ1n) is 5.23. The van der Waals surface area contributed by atoms with E-state index < -0.39 is 0 Å². The van der Waals surface area contributed by atoms with Crippen LogP contribution in [-0.4, -0.2) is 19.6 Å². The maximum atomic E-state index is 11.0. The maximum absolute atomic E-state index is 11.0. The predicted octanol–water partition coefficient (Wildman–Crippen LogP) is 2.55. The Hall–Kier alpha value is -1.06. The zero-order valence-corrected chi connectivity index (χ0v) is 10.3. The Balaban J connectivity index is 2.60. The van der Waals surface area contributed by atoms with E-state index >= 15 is 0 Å². The molecular formula is C12H16ClNO2. The predicted molar refractivity (Wildman–Crippen MR) is 64.5 cm³/mol. The van der Waals surface area contributed by atoms with E-state index in [1.165, 1.54) is 7.11 Å². The molecule has 16 heavy (non-hydrogen) atoms. The number of hydrogen-bond acceptors (Lipinski definition) is 3. The fraction of sp³-hybridized carbons (Fsp3) is 0.417. The molecule has 4 heteroatoms. The molecule has 0 bridgehead atoms. The summed E-state index contributed by atoms with van der Waals surface area (Å²) in [4.78, 5) is 11.0. The van der Waals surface area contributed by atoms with E-state index in [1.54, 1.807) is 0 Å². The molecule has 0 saturated carbocycles. The van der Waals surface area contributed by atoms with Crippen molar-refractivity contribution in [2.45, 2.75) is 19.4 Å². The van der Waals surface area contributed by atoms with Crippen LogP contribution in [0.25, 0.3) is 0 Å². The van der Waals surface area contributed by atoms with Gasteiger partial charge in [0.05, 0.1) is 13.7 Å². The lowest BCUT2D eigenvalue weighted by Crippen LogP contribution is -2.27. The van der Waals surface area contributed by atoms with Gasteiger partial charge in [-0.1, -0.05) is 30.7 Å².